The van der Waals surface area contributed by atoms with Crippen molar-refractivity contribution in [1.82, 2.24) is 10.3 Å². The SMILES string of the molecule is Cc1cc(N)nc(C2CCNCC2)c1. The molecule has 1 aromatic rings. The molecule has 1 fully saturated rings. The zero-order valence-corrected chi connectivity index (χ0v) is 8.59. The van der Waals surface area contributed by atoms with Crippen molar-refractivity contribution in [3.63, 3.8) is 0 Å². The predicted molar refractivity (Wildman–Crippen MR) is 58.2 cm³/mol. The summed E-state index contributed by atoms with van der Waals surface area (Å²) in [6, 6.07) is 4.08. The third kappa shape index (κ3) is 2.04. The van der Waals surface area contributed by atoms with Gasteiger partial charge in [0, 0.05) is 11.6 Å². The summed E-state index contributed by atoms with van der Waals surface area (Å²) in [5.74, 6) is 1.25. The predicted octanol–water partition coefficient (Wildman–Crippen LogP) is 1.44. The average molecular weight is 191 g/mol. The summed E-state index contributed by atoms with van der Waals surface area (Å²) in [6.07, 6.45) is 2.35. The zero-order chi connectivity index (χ0) is 9.97. The van der Waals surface area contributed by atoms with E-state index in [1.807, 2.05) is 6.07 Å². The second-order valence-electron chi connectivity index (χ2n) is 4.02. The number of rotatable bonds is 1. The zero-order valence-electron chi connectivity index (χ0n) is 8.59. The molecule has 1 aromatic heterocycles. The van der Waals surface area contributed by atoms with Crippen molar-refractivity contribution in [3.05, 3.63) is 23.4 Å². The molecule has 3 heteroatoms. The fourth-order valence-electron chi connectivity index (χ4n) is 2.05. The molecular weight excluding hydrogens is 174 g/mol. The molecule has 0 amide bonds. The van der Waals surface area contributed by atoms with Gasteiger partial charge in [0.15, 0.2) is 0 Å². The number of nitrogens with two attached hydrogens (primary N) is 1. The smallest absolute Gasteiger partial charge is 0.123 e. The van der Waals surface area contributed by atoms with Gasteiger partial charge in [-0.2, -0.15) is 0 Å². The molecule has 0 saturated carbocycles. The minimum absolute atomic E-state index is 0.596. The molecule has 2 rings (SSSR count). The lowest BCUT2D eigenvalue weighted by molar-refractivity contribution is 0.453. The first kappa shape index (κ1) is 9.46. The van der Waals surface area contributed by atoms with E-state index < -0.39 is 0 Å². The van der Waals surface area contributed by atoms with Crippen LogP contribution in [0.5, 0.6) is 0 Å². The van der Waals surface area contributed by atoms with Gasteiger partial charge >= 0.3 is 0 Å². The van der Waals surface area contributed by atoms with Crippen LogP contribution >= 0.6 is 0 Å². The lowest BCUT2D eigenvalue weighted by Crippen LogP contribution is -2.27. The number of piperidine rings is 1. The van der Waals surface area contributed by atoms with Gasteiger partial charge in [-0.3, -0.25) is 0 Å². The Morgan fingerprint density at radius 2 is 2.07 bits per heavy atom. The monoisotopic (exact) mass is 191 g/mol. The van der Waals surface area contributed by atoms with Crippen molar-refractivity contribution in [3.8, 4) is 0 Å². The molecule has 1 aliphatic heterocycles. The highest BCUT2D eigenvalue weighted by Gasteiger charge is 2.16. The number of hydrogen-bond donors (Lipinski definition) is 2. The molecule has 1 saturated heterocycles. The van der Waals surface area contributed by atoms with E-state index in [1.54, 1.807) is 0 Å². The minimum Gasteiger partial charge on any atom is -0.384 e. The second kappa shape index (κ2) is 3.96. The Labute approximate surface area is 84.7 Å². The van der Waals surface area contributed by atoms with Gasteiger partial charge < -0.3 is 11.1 Å². The molecule has 76 valence electrons. The highest BCUT2D eigenvalue weighted by Crippen LogP contribution is 2.24. The van der Waals surface area contributed by atoms with Crippen molar-refractivity contribution in [2.45, 2.75) is 25.7 Å². The van der Waals surface area contributed by atoms with E-state index in [9.17, 15) is 0 Å². The summed E-state index contributed by atoms with van der Waals surface area (Å²) in [6.45, 7) is 4.27. The molecule has 3 N–H and O–H groups in total. The van der Waals surface area contributed by atoms with E-state index >= 15 is 0 Å². The maximum absolute atomic E-state index is 5.74. The Morgan fingerprint density at radius 1 is 1.36 bits per heavy atom. The summed E-state index contributed by atoms with van der Waals surface area (Å²) in [4.78, 5) is 4.41. The van der Waals surface area contributed by atoms with E-state index in [4.69, 9.17) is 5.73 Å². The van der Waals surface area contributed by atoms with Gasteiger partial charge in [0.05, 0.1) is 0 Å². The van der Waals surface area contributed by atoms with Crippen molar-refractivity contribution >= 4 is 5.82 Å². The third-order valence-corrected chi connectivity index (χ3v) is 2.77. The Hall–Kier alpha value is -1.09. The summed E-state index contributed by atoms with van der Waals surface area (Å²) in [5, 5.41) is 3.35. The topological polar surface area (TPSA) is 50.9 Å². The van der Waals surface area contributed by atoms with Crippen LogP contribution in [0.1, 0.15) is 30.0 Å². The standard InChI is InChI=1S/C11H17N3/c1-8-6-10(14-11(12)7-8)9-2-4-13-5-3-9/h6-7,9,13H,2-5H2,1H3,(H2,12,14). The first-order chi connectivity index (χ1) is 6.75. The number of aryl methyl sites for hydroxylation is 1. The highest BCUT2D eigenvalue weighted by atomic mass is 14.9. The van der Waals surface area contributed by atoms with Gasteiger partial charge in [0.2, 0.25) is 0 Å². The van der Waals surface area contributed by atoms with Crippen molar-refractivity contribution in [2.24, 2.45) is 0 Å². The minimum atomic E-state index is 0.596. The van der Waals surface area contributed by atoms with Crippen LogP contribution in [0.25, 0.3) is 0 Å². The summed E-state index contributed by atoms with van der Waals surface area (Å²) in [5.41, 5.74) is 8.12. The Kier molecular flexibility index (Phi) is 2.68. The Bertz CT molecular complexity index is 296. The number of aromatic nitrogens is 1. The first-order valence-electron chi connectivity index (χ1n) is 5.20. The molecule has 0 radical (unpaired) electrons. The van der Waals surface area contributed by atoms with Crippen LogP contribution in [0.2, 0.25) is 0 Å². The lowest BCUT2D eigenvalue weighted by atomic mass is 9.93. The van der Waals surface area contributed by atoms with E-state index in [0.717, 1.165) is 13.1 Å². The fraction of sp³-hybridized carbons (Fsp3) is 0.545. The van der Waals surface area contributed by atoms with Crippen LogP contribution in [0, 0.1) is 6.92 Å². The van der Waals surface area contributed by atoms with Crippen LogP contribution in [-0.2, 0) is 0 Å². The molecule has 14 heavy (non-hydrogen) atoms. The van der Waals surface area contributed by atoms with E-state index in [-0.39, 0.29) is 0 Å². The summed E-state index contributed by atoms with van der Waals surface area (Å²) >= 11 is 0. The van der Waals surface area contributed by atoms with Crippen molar-refractivity contribution < 1.29 is 0 Å². The van der Waals surface area contributed by atoms with E-state index in [2.05, 4.69) is 23.3 Å². The molecular formula is C11H17N3. The van der Waals surface area contributed by atoms with E-state index in [0.29, 0.717) is 11.7 Å². The Balaban J connectivity index is 2.21. The lowest BCUT2D eigenvalue weighted by Gasteiger charge is -2.22. The Morgan fingerprint density at radius 3 is 2.71 bits per heavy atom. The molecule has 0 spiro atoms. The average Bonchev–Trinajstić information content (AvgIpc) is 2.18. The first-order valence-corrected chi connectivity index (χ1v) is 5.20. The normalized spacial score (nSPS) is 18.4. The molecule has 3 nitrogen and oxygen atoms in total. The van der Waals surface area contributed by atoms with Gasteiger partial charge in [0.1, 0.15) is 5.82 Å². The number of anilines is 1. The maximum atomic E-state index is 5.74. The molecule has 1 aliphatic rings. The van der Waals surface area contributed by atoms with Gasteiger partial charge in [-0.05, 0) is 50.6 Å². The third-order valence-electron chi connectivity index (χ3n) is 2.77. The number of nitrogens with one attached hydrogen (secondary N) is 1. The summed E-state index contributed by atoms with van der Waals surface area (Å²) in [7, 11) is 0. The molecule has 0 aliphatic carbocycles. The number of nitrogen functional groups attached to an aromatic ring is 1. The number of hydrogen-bond acceptors (Lipinski definition) is 3. The van der Waals surface area contributed by atoms with Crippen molar-refractivity contribution in [2.75, 3.05) is 18.8 Å². The summed E-state index contributed by atoms with van der Waals surface area (Å²) < 4.78 is 0. The largest absolute Gasteiger partial charge is 0.384 e. The van der Waals surface area contributed by atoms with Crippen LogP contribution in [0.15, 0.2) is 12.1 Å². The fourth-order valence-corrected chi connectivity index (χ4v) is 2.05. The van der Waals surface area contributed by atoms with Crippen LogP contribution in [0.4, 0.5) is 5.82 Å². The van der Waals surface area contributed by atoms with Gasteiger partial charge in [-0.25, -0.2) is 4.98 Å². The maximum Gasteiger partial charge on any atom is 0.123 e. The molecule has 0 bridgehead atoms. The number of pyridine rings is 1. The molecule has 0 atom stereocenters. The van der Waals surface area contributed by atoms with Crippen LogP contribution in [-0.4, -0.2) is 18.1 Å². The van der Waals surface area contributed by atoms with Gasteiger partial charge in [0.25, 0.3) is 0 Å². The van der Waals surface area contributed by atoms with Crippen molar-refractivity contribution in [1.29, 1.82) is 0 Å². The van der Waals surface area contributed by atoms with Crippen LogP contribution < -0.4 is 11.1 Å². The van der Waals surface area contributed by atoms with Gasteiger partial charge in [-0.15, -0.1) is 0 Å². The quantitative estimate of drug-likeness (QED) is 0.706. The molecule has 0 aromatic carbocycles. The molecule has 0 unspecified atom stereocenters. The number of nitrogens with zero attached hydrogens (tertiary/aromatic N) is 1. The van der Waals surface area contributed by atoms with Gasteiger partial charge in [-0.1, -0.05) is 0 Å². The second-order valence-corrected chi connectivity index (χ2v) is 4.02. The molecule has 2 heterocycles. The van der Waals surface area contributed by atoms with E-state index in [1.165, 1.54) is 24.1 Å². The highest BCUT2D eigenvalue weighted by molar-refractivity contribution is 5.35. The van der Waals surface area contributed by atoms with Crippen LogP contribution in [0.3, 0.4) is 0 Å².